The van der Waals surface area contributed by atoms with Gasteiger partial charge in [0.25, 0.3) is 0 Å². The Balaban J connectivity index is 1.76. The minimum absolute atomic E-state index is 0.861. The molecule has 4 heterocycles. The Labute approximate surface area is 128 Å². The maximum atomic E-state index is 4.46. The van der Waals surface area contributed by atoms with Gasteiger partial charge in [-0.2, -0.15) is 0 Å². The van der Waals surface area contributed by atoms with Crippen LogP contribution in [0.15, 0.2) is 85.7 Å². The monoisotopic (exact) mass is 286 g/mol. The number of pyridine rings is 2. The fourth-order valence-corrected chi connectivity index (χ4v) is 2.45. The van der Waals surface area contributed by atoms with Gasteiger partial charge in [0.1, 0.15) is 0 Å². The summed E-state index contributed by atoms with van der Waals surface area (Å²) in [6.07, 6.45) is 11.7. The Morgan fingerprint density at radius 3 is 1.41 bits per heavy atom. The quantitative estimate of drug-likeness (QED) is 0.575. The van der Waals surface area contributed by atoms with Crippen LogP contribution in [-0.4, -0.2) is 19.1 Å². The molecule has 0 N–H and O–H groups in total. The van der Waals surface area contributed by atoms with E-state index in [9.17, 15) is 0 Å². The summed E-state index contributed by atoms with van der Waals surface area (Å²) in [4.78, 5) is 8.91. The largest absolute Gasteiger partial charge is 0.324 e. The second kappa shape index (κ2) is 5.33. The summed E-state index contributed by atoms with van der Waals surface area (Å²) in [5, 5.41) is 0. The van der Waals surface area contributed by atoms with E-state index in [0.29, 0.717) is 0 Å². The Bertz CT molecular complexity index is 801. The van der Waals surface area contributed by atoms with E-state index in [1.165, 1.54) is 0 Å². The van der Waals surface area contributed by atoms with Crippen LogP contribution >= 0.6 is 0 Å². The molecule has 0 fully saturated rings. The van der Waals surface area contributed by atoms with Crippen LogP contribution in [0.3, 0.4) is 0 Å². The van der Waals surface area contributed by atoms with Gasteiger partial charge in [-0.1, -0.05) is 0 Å². The van der Waals surface area contributed by atoms with E-state index in [4.69, 9.17) is 0 Å². The Morgan fingerprint density at radius 1 is 0.591 bits per heavy atom. The fourth-order valence-electron chi connectivity index (χ4n) is 2.45. The Hall–Kier alpha value is -3.14. The third-order valence-electron chi connectivity index (χ3n) is 3.55. The van der Waals surface area contributed by atoms with Crippen molar-refractivity contribution in [3.05, 3.63) is 85.7 Å². The summed E-state index contributed by atoms with van der Waals surface area (Å²) in [7, 11) is 0. The molecule has 0 unspecified atom stereocenters. The van der Waals surface area contributed by atoms with Crippen LogP contribution in [0.2, 0.25) is 0 Å². The molecule has 0 aliphatic rings. The molecule has 0 aromatic carbocycles. The first-order chi connectivity index (χ1) is 10.9. The van der Waals surface area contributed by atoms with Gasteiger partial charge in [-0.05, 0) is 48.5 Å². The van der Waals surface area contributed by atoms with Gasteiger partial charge in [-0.3, -0.25) is 9.97 Å². The molecule has 4 heteroatoms. The predicted molar refractivity (Wildman–Crippen MR) is 86.1 cm³/mol. The summed E-state index contributed by atoms with van der Waals surface area (Å²) in [6, 6.07) is 16.1. The van der Waals surface area contributed by atoms with Gasteiger partial charge in [0.05, 0.1) is 11.4 Å². The van der Waals surface area contributed by atoms with Crippen LogP contribution in [0.1, 0.15) is 0 Å². The SMILES string of the molecule is c1ccn(-c2ccnc(-c3cc(-n4cccc4)ccn3)c2)c1. The van der Waals surface area contributed by atoms with E-state index in [-0.39, 0.29) is 0 Å². The van der Waals surface area contributed by atoms with Crippen molar-refractivity contribution in [3.63, 3.8) is 0 Å². The molecule has 0 bridgehead atoms. The van der Waals surface area contributed by atoms with Gasteiger partial charge < -0.3 is 9.13 Å². The first-order valence-corrected chi connectivity index (χ1v) is 7.09. The lowest BCUT2D eigenvalue weighted by Crippen LogP contribution is -1.95. The topological polar surface area (TPSA) is 35.6 Å². The second-order valence-electron chi connectivity index (χ2n) is 4.98. The predicted octanol–water partition coefficient (Wildman–Crippen LogP) is 3.73. The first-order valence-electron chi connectivity index (χ1n) is 7.09. The molecule has 0 aliphatic carbocycles. The number of rotatable bonds is 3. The third kappa shape index (κ3) is 2.31. The molecule has 22 heavy (non-hydrogen) atoms. The molecule has 0 aliphatic heterocycles. The van der Waals surface area contributed by atoms with Crippen molar-refractivity contribution in [2.24, 2.45) is 0 Å². The molecule has 0 saturated heterocycles. The molecule has 4 nitrogen and oxygen atoms in total. The van der Waals surface area contributed by atoms with Crippen LogP contribution < -0.4 is 0 Å². The number of aromatic nitrogens is 4. The lowest BCUT2D eigenvalue weighted by Gasteiger charge is -2.07. The maximum Gasteiger partial charge on any atom is 0.0907 e. The summed E-state index contributed by atoms with van der Waals surface area (Å²) in [5.74, 6) is 0. The molecule has 0 spiro atoms. The van der Waals surface area contributed by atoms with E-state index in [0.717, 1.165) is 22.8 Å². The third-order valence-corrected chi connectivity index (χ3v) is 3.55. The lowest BCUT2D eigenvalue weighted by atomic mass is 10.2. The van der Waals surface area contributed by atoms with Crippen LogP contribution in [0.4, 0.5) is 0 Å². The number of hydrogen-bond donors (Lipinski definition) is 0. The molecular formula is C18H14N4. The average Bonchev–Trinajstić information content (AvgIpc) is 3.29. The minimum atomic E-state index is 0.861. The van der Waals surface area contributed by atoms with Crippen LogP contribution in [-0.2, 0) is 0 Å². The average molecular weight is 286 g/mol. The van der Waals surface area contributed by atoms with E-state index >= 15 is 0 Å². The van der Waals surface area contributed by atoms with Gasteiger partial charge in [0, 0.05) is 48.6 Å². The van der Waals surface area contributed by atoms with Crippen molar-refractivity contribution in [1.29, 1.82) is 0 Å². The van der Waals surface area contributed by atoms with Crippen molar-refractivity contribution in [2.45, 2.75) is 0 Å². The normalized spacial score (nSPS) is 10.7. The molecule has 0 amide bonds. The highest BCUT2D eigenvalue weighted by Crippen LogP contribution is 2.20. The zero-order valence-corrected chi connectivity index (χ0v) is 11.9. The second-order valence-corrected chi connectivity index (χ2v) is 4.98. The maximum absolute atomic E-state index is 4.46. The van der Waals surface area contributed by atoms with Crippen molar-refractivity contribution in [2.75, 3.05) is 0 Å². The fraction of sp³-hybridized carbons (Fsp3) is 0. The molecule has 106 valence electrons. The van der Waals surface area contributed by atoms with Crippen LogP contribution in [0.25, 0.3) is 22.8 Å². The van der Waals surface area contributed by atoms with Crippen molar-refractivity contribution in [1.82, 2.24) is 19.1 Å². The number of nitrogens with zero attached hydrogens (tertiary/aromatic N) is 4. The summed E-state index contributed by atoms with van der Waals surface area (Å²) in [6.45, 7) is 0. The van der Waals surface area contributed by atoms with E-state index in [1.54, 1.807) is 0 Å². The molecular weight excluding hydrogens is 272 g/mol. The van der Waals surface area contributed by atoms with Crippen LogP contribution in [0.5, 0.6) is 0 Å². The summed E-state index contributed by atoms with van der Waals surface area (Å²) < 4.78 is 4.11. The summed E-state index contributed by atoms with van der Waals surface area (Å²) in [5.41, 5.74) is 3.87. The van der Waals surface area contributed by atoms with Gasteiger partial charge in [0.2, 0.25) is 0 Å². The Morgan fingerprint density at radius 2 is 1.00 bits per heavy atom. The molecule has 0 saturated carbocycles. The molecule has 4 aromatic heterocycles. The summed E-state index contributed by atoms with van der Waals surface area (Å²) >= 11 is 0. The lowest BCUT2D eigenvalue weighted by molar-refractivity contribution is 1.06. The first kappa shape index (κ1) is 12.6. The van der Waals surface area contributed by atoms with Gasteiger partial charge in [0.15, 0.2) is 0 Å². The zero-order chi connectivity index (χ0) is 14.8. The highest BCUT2D eigenvalue weighted by molar-refractivity contribution is 5.60. The van der Waals surface area contributed by atoms with Crippen molar-refractivity contribution in [3.8, 4) is 22.8 Å². The van der Waals surface area contributed by atoms with Crippen molar-refractivity contribution < 1.29 is 0 Å². The molecule has 0 atom stereocenters. The molecule has 4 rings (SSSR count). The molecule has 4 aromatic rings. The highest BCUT2D eigenvalue weighted by Gasteiger charge is 2.05. The van der Waals surface area contributed by atoms with Crippen LogP contribution in [0, 0.1) is 0 Å². The van der Waals surface area contributed by atoms with Gasteiger partial charge in [-0.15, -0.1) is 0 Å². The van der Waals surface area contributed by atoms with Gasteiger partial charge >= 0.3 is 0 Å². The van der Waals surface area contributed by atoms with E-state index in [2.05, 4.69) is 19.1 Å². The zero-order valence-electron chi connectivity index (χ0n) is 11.9. The van der Waals surface area contributed by atoms with Crippen molar-refractivity contribution >= 4 is 0 Å². The minimum Gasteiger partial charge on any atom is -0.324 e. The number of hydrogen-bond acceptors (Lipinski definition) is 2. The Kier molecular flexibility index (Phi) is 3.05. The van der Waals surface area contributed by atoms with E-state index in [1.807, 2.05) is 85.7 Å². The van der Waals surface area contributed by atoms with E-state index < -0.39 is 0 Å². The highest BCUT2D eigenvalue weighted by atomic mass is 15.0. The smallest absolute Gasteiger partial charge is 0.0907 e. The van der Waals surface area contributed by atoms with Gasteiger partial charge in [-0.25, -0.2) is 0 Å². The molecule has 0 radical (unpaired) electrons. The standard InChI is InChI=1S/C18H14N4/c1-2-10-21(9-1)15-5-7-19-17(13-15)18-14-16(6-8-20-18)22-11-3-4-12-22/h1-14H.